The first-order chi connectivity index (χ1) is 8.31. The maximum atomic E-state index is 12.2. The molecular weight excluding hydrogens is 234 g/mol. The van der Waals surface area contributed by atoms with Crippen LogP contribution in [0, 0.1) is 0 Å². The predicted molar refractivity (Wildman–Crippen MR) is 69.0 cm³/mol. The molecule has 0 radical (unpaired) electrons. The standard InChI is InChI=1S/C13H13NO2S/c15-10-14-11-6-8-13(9-7-11)17(16)12-4-2-1-3-5-12/h2,4-10H,1,3H2,(H,14,15). The van der Waals surface area contributed by atoms with Gasteiger partial charge in [0.1, 0.15) is 0 Å². The Morgan fingerprint density at radius 3 is 2.53 bits per heavy atom. The van der Waals surface area contributed by atoms with Gasteiger partial charge in [0.2, 0.25) is 6.41 Å². The van der Waals surface area contributed by atoms with Gasteiger partial charge in [0.25, 0.3) is 0 Å². The molecule has 3 nitrogen and oxygen atoms in total. The Morgan fingerprint density at radius 1 is 1.18 bits per heavy atom. The van der Waals surface area contributed by atoms with E-state index in [1.54, 1.807) is 24.3 Å². The molecule has 4 heteroatoms. The first kappa shape index (κ1) is 11.8. The lowest BCUT2D eigenvalue weighted by Gasteiger charge is -2.07. The maximum Gasteiger partial charge on any atom is 0.211 e. The highest BCUT2D eigenvalue weighted by atomic mass is 32.2. The van der Waals surface area contributed by atoms with Crippen molar-refractivity contribution in [2.45, 2.75) is 17.7 Å². The zero-order valence-corrected chi connectivity index (χ0v) is 10.1. The van der Waals surface area contributed by atoms with Crippen molar-refractivity contribution in [3.05, 3.63) is 47.4 Å². The van der Waals surface area contributed by atoms with Crippen molar-refractivity contribution >= 4 is 22.9 Å². The minimum absolute atomic E-state index is 0.623. The third-order valence-corrected chi connectivity index (χ3v) is 3.90. The highest BCUT2D eigenvalue weighted by molar-refractivity contribution is 7.89. The third kappa shape index (κ3) is 2.91. The molecule has 0 saturated heterocycles. The zero-order valence-electron chi connectivity index (χ0n) is 9.26. The van der Waals surface area contributed by atoms with E-state index in [0.717, 1.165) is 22.6 Å². The topological polar surface area (TPSA) is 46.2 Å². The molecule has 1 atom stereocenters. The summed E-state index contributed by atoms with van der Waals surface area (Å²) in [5.74, 6) is 0. The molecule has 1 N–H and O–H groups in total. The molecule has 0 fully saturated rings. The van der Waals surface area contributed by atoms with Gasteiger partial charge in [-0.05, 0) is 43.2 Å². The van der Waals surface area contributed by atoms with E-state index in [2.05, 4.69) is 5.32 Å². The van der Waals surface area contributed by atoms with Gasteiger partial charge in [-0.2, -0.15) is 0 Å². The normalized spacial score (nSPS) is 16.1. The molecule has 1 aliphatic rings. The lowest BCUT2D eigenvalue weighted by atomic mass is 10.2. The average molecular weight is 247 g/mol. The predicted octanol–water partition coefficient (Wildman–Crippen LogP) is 2.60. The average Bonchev–Trinajstić information content (AvgIpc) is 2.40. The number of carbonyl (C=O) groups excluding carboxylic acids is 1. The Hall–Kier alpha value is -1.68. The summed E-state index contributed by atoms with van der Waals surface area (Å²) < 4.78 is 12.2. The quantitative estimate of drug-likeness (QED) is 0.831. The fraction of sp³-hybridized carbons (Fsp3) is 0.154. The Kier molecular flexibility index (Phi) is 3.88. The SMILES string of the molecule is O=CNc1ccc(S(=O)C2=CCCC=C2)cc1. The Bertz CT molecular complexity index is 489. The Morgan fingerprint density at radius 2 is 1.94 bits per heavy atom. The van der Waals surface area contributed by atoms with Crippen molar-refractivity contribution in [1.82, 2.24) is 0 Å². The molecule has 2 rings (SSSR count). The molecule has 1 aromatic rings. The van der Waals surface area contributed by atoms with Crippen LogP contribution in [0.4, 0.5) is 5.69 Å². The second-order valence-corrected chi connectivity index (χ2v) is 5.12. The number of benzene rings is 1. The monoisotopic (exact) mass is 247 g/mol. The van der Waals surface area contributed by atoms with Crippen molar-refractivity contribution in [3.63, 3.8) is 0 Å². The van der Waals surface area contributed by atoms with E-state index in [1.165, 1.54) is 0 Å². The minimum Gasteiger partial charge on any atom is -0.329 e. The van der Waals surface area contributed by atoms with Crippen LogP contribution in [0.2, 0.25) is 0 Å². The number of amides is 1. The molecule has 1 aromatic carbocycles. The molecule has 1 amide bonds. The molecule has 17 heavy (non-hydrogen) atoms. The van der Waals surface area contributed by atoms with Crippen LogP contribution in [0.5, 0.6) is 0 Å². The molecule has 0 bridgehead atoms. The number of rotatable bonds is 4. The first-order valence-electron chi connectivity index (χ1n) is 5.40. The van der Waals surface area contributed by atoms with Crippen LogP contribution in [-0.4, -0.2) is 10.6 Å². The van der Waals surface area contributed by atoms with Crippen LogP contribution < -0.4 is 5.32 Å². The van der Waals surface area contributed by atoms with Crippen molar-refractivity contribution < 1.29 is 9.00 Å². The van der Waals surface area contributed by atoms with Crippen LogP contribution in [0.1, 0.15) is 12.8 Å². The van der Waals surface area contributed by atoms with Crippen LogP contribution in [-0.2, 0) is 15.6 Å². The fourth-order valence-corrected chi connectivity index (χ4v) is 2.75. The summed E-state index contributed by atoms with van der Waals surface area (Å²) >= 11 is 0. The summed E-state index contributed by atoms with van der Waals surface area (Å²) in [7, 11) is -1.12. The third-order valence-electron chi connectivity index (χ3n) is 2.47. The van der Waals surface area contributed by atoms with Gasteiger partial charge in [0, 0.05) is 15.5 Å². The van der Waals surface area contributed by atoms with E-state index < -0.39 is 10.8 Å². The van der Waals surface area contributed by atoms with Gasteiger partial charge in [0.05, 0.1) is 10.8 Å². The second-order valence-electron chi connectivity index (χ2n) is 3.64. The zero-order chi connectivity index (χ0) is 12.1. The molecule has 0 heterocycles. The van der Waals surface area contributed by atoms with Crippen molar-refractivity contribution in [1.29, 1.82) is 0 Å². The highest BCUT2D eigenvalue weighted by Crippen LogP contribution is 2.21. The fourth-order valence-electron chi connectivity index (χ4n) is 1.61. The summed E-state index contributed by atoms with van der Waals surface area (Å²) in [6.07, 6.45) is 8.55. The van der Waals surface area contributed by atoms with Crippen molar-refractivity contribution in [2.24, 2.45) is 0 Å². The summed E-state index contributed by atoms with van der Waals surface area (Å²) in [5, 5.41) is 2.55. The minimum atomic E-state index is -1.12. The molecule has 0 spiro atoms. The number of carbonyl (C=O) groups is 1. The van der Waals surface area contributed by atoms with Crippen LogP contribution in [0.15, 0.2) is 52.3 Å². The van der Waals surface area contributed by atoms with Crippen LogP contribution in [0.3, 0.4) is 0 Å². The number of nitrogens with one attached hydrogen (secondary N) is 1. The van der Waals surface area contributed by atoms with Crippen LogP contribution in [0.25, 0.3) is 0 Å². The molecule has 0 aromatic heterocycles. The summed E-state index contributed by atoms with van der Waals surface area (Å²) in [4.78, 5) is 11.9. The van der Waals surface area contributed by atoms with Gasteiger partial charge in [-0.25, -0.2) is 4.21 Å². The summed E-state index contributed by atoms with van der Waals surface area (Å²) in [5.41, 5.74) is 0.703. The number of allylic oxidation sites excluding steroid dienone is 3. The van der Waals surface area contributed by atoms with E-state index in [4.69, 9.17) is 0 Å². The number of hydrogen-bond acceptors (Lipinski definition) is 2. The van der Waals surface area contributed by atoms with Gasteiger partial charge in [-0.1, -0.05) is 12.2 Å². The smallest absolute Gasteiger partial charge is 0.211 e. The van der Waals surface area contributed by atoms with Gasteiger partial charge >= 0.3 is 0 Å². The van der Waals surface area contributed by atoms with Gasteiger partial charge in [-0.15, -0.1) is 0 Å². The number of anilines is 1. The lowest BCUT2D eigenvalue weighted by molar-refractivity contribution is -0.105. The first-order valence-corrected chi connectivity index (χ1v) is 6.55. The maximum absolute atomic E-state index is 12.2. The van der Waals surface area contributed by atoms with Gasteiger partial charge in [-0.3, -0.25) is 4.79 Å². The Labute approximate surface area is 103 Å². The van der Waals surface area contributed by atoms with Crippen molar-refractivity contribution in [2.75, 3.05) is 5.32 Å². The summed E-state index contributed by atoms with van der Waals surface area (Å²) in [6, 6.07) is 7.03. The molecule has 0 aliphatic heterocycles. The van der Waals surface area contributed by atoms with Gasteiger partial charge < -0.3 is 5.32 Å². The molecule has 0 saturated carbocycles. The molecule has 88 valence electrons. The van der Waals surface area contributed by atoms with Gasteiger partial charge in [0.15, 0.2) is 0 Å². The number of hydrogen-bond donors (Lipinski definition) is 1. The molecular formula is C13H13NO2S. The lowest BCUT2D eigenvalue weighted by Crippen LogP contribution is -1.98. The van der Waals surface area contributed by atoms with E-state index in [1.807, 2.05) is 18.2 Å². The van der Waals surface area contributed by atoms with E-state index in [9.17, 15) is 9.00 Å². The molecule has 1 aliphatic carbocycles. The van der Waals surface area contributed by atoms with E-state index >= 15 is 0 Å². The van der Waals surface area contributed by atoms with Crippen molar-refractivity contribution in [3.8, 4) is 0 Å². The van der Waals surface area contributed by atoms with E-state index in [0.29, 0.717) is 12.1 Å². The second kappa shape index (κ2) is 5.59. The summed E-state index contributed by atoms with van der Waals surface area (Å²) in [6.45, 7) is 0. The molecule has 1 unspecified atom stereocenters. The van der Waals surface area contributed by atoms with Crippen LogP contribution >= 0.6 is 0 Å². The Balaban J connectivity index is 2.16. The van der Waals surface area contributed by atoms with E-state index in [-0.39, 0.29) is 0 Å². The largest absolute Gasteiger partial charge is 0.329 e. The highest BCUT2D eigenvalue weighted by Gasteiger charge is 2.09.